The average molecular weight is 233 g/mol. The van der Waals surface area contributed by atoms with Crippen molar-refractivity contribution in [1.29, 1.82) is 0 Å². The largest absolute Gasteiger partial charge is 0.339 e. The first-order valence-electron chi connectivity index (χ1n) is 7.10. The molecular weight excluding hydrogens is 210 g/mol. The molecule has 2 heteroatoms. The van der Waals surface area contributed by atoms with Crippen LogP contribution in [-0.4, -0.2) is 23.9 Å². The van der Waals surface area contributed by atoms with Gasteiger partial charge in [0.05, 0.1) is 0 Å². The molecule has 2 nitrogen and oxygen atoms in total. The number of hydrogen-bond acceptors (Lipinski definition) is 1. The number of allylic oxidation sites excluding steroid dienone is 1. The standard InChI is InChI=1S/C15H23NO/c1-15(2)11-6-7-12(13(15)10-11)14(17)16-8-4-3-5-9-16/h7,11,13H,3-6,8-10H2,1-2H3/t11-,13-/m0/s1. The summed E-state index contributed by atoms with van der Waals surface area (Å²) in [7, 11) is 0. The zero-order valence-electron chi connectivity index (χ0n) is 11.0. The number of likely N-dealkylation sites (tertiary alicyclic amines) is 1. The Kier molecular flexibility index (Phi) is 2.57. The van der Waals surface area contributed by atoms with Gasteiger partial charge in [0.15, 0.2) is 0 Å². The molecule has 0 spiro atoms. The minimum absolute atomic E-state index is 0.348. The van der Waals surface area contributed by atoms with Crippen molar-refractivity contribution in [2.24, 2.45) is 17.3 Å². The quantitative estimate of drug-likeness (QED) is 0.682. The van der Waals surface area contributed by atoms with E-state index >= 15 is 0 Å². The van der Waals surface area contributed by atoms with E-state index in [2.05, 4.69) is 24.8 Å². The lowest BCUT2D eigenvalue weighted by Crippen LogP contribution is -2.51. The summed E-state index contributed by atoms with van der Waals surface area (Å²) in [5, 5.41) is 0. The maximum atomic E-state index is 12.5. The van der Waals surface area contributed by atoms with Crippen molar-refractivity contribution >= 4 is 5.91 Å². The zero-order chi connectivity index (χ0) is 12.0. The first-order valence-corrected chi connectivity index (χ1v) is 7.10. The number of carbonyl (C=O) groups is 1. The summed E-state index contributed by atoms with van der Waals surface area (Å²) in [6.45, 7) is 6.63. The molecule has 0 aromatic heterocycles. The van der Waals surface area contributed by atoms with Crippen LogP contribution >= 0.6 is 0 Å². The molecule has 0 N–H and O–H groups in total. The van der Waals surface area contributed by atoms with Crippen molar-refractivity contribution in [2.75, 3.05) is 13.1 Å². The monoisotopic (exact) mass is 233 g/mol. The van der Waals surface area contributed by atoms with Gasteiger partial charge in [0.25, 0.3) is 0 Å². The third kappa shape index (κ3) is 1.64. The van der Waals surface area contributed by atoms with Crippen LogP contribution < -0.4 is 0 Å². The Balaban J connectivity index is 1.76. The van der Waals surface area contributed by atoms with E-state index in [1.54, 1.807) is 0 Å². The molecule has 0 unspecified atom stereocenters. The minimum atomic E-state index is 0.348. The fourth-order valence-corrected chi connectivity index (χ4v) is 3.87. The Hall–Kier alpha value is -0.790. The Morgan fingerprint density at radius 1 is 1.29 bits per heavy atom. The number of rotatable bonds is 1. The van der Waals surface area contributed by atoms with Crippen molar-refractivity contribution < 1.29 is 4.79 Å². The lowest BCUT2D eigenvalue weighted by atomic mass is 9.48. The van der Waals surface area contributed by atoms with Gasteiger partial charge in [-0.05, 0) is 49.4 Å². The highest BCUT2D eigenvalue weighted by Gasteiger charge is 2.53. The van der Waals surface area contributed by atoms with E-state index in [1.807, 2.05) is 0 Å². The molecule has 3 aliphatic carbocycles. The molecule has 0 aromatic rings. The van der Waals surface area contributed by atoms with E-state index in [4.69, 9.17) is 0 Å². The first kappa shape index (κ1) is 11.3. The molecule has 2 fully saturated rings. The summed E-state index contributed by atoms with van der Waals surface area (Å²) in [6, 6.07) is 0. The van der Waals surface area contributed by atoms with Crippen LogP contribution in [0.15, 0.2) is 11.6 Å². The van der Waals surface area contributed by atoms with E-state index in [1.165, 1.54) is 25.7 Å². The smallest absolute Gasteiger partial charge is 0.249 e. The van der Waals surface area contributed by atoms with Gasteiger partial charge in [0.2, 0.25) is 5.91 Å². The maximum Gasteiger partial charge on any atom is 0.249 e. The van der Waals surface area contributed by atoms with Crippen LogP contribution in [0.1, 0.15) is 46.0 Å². The predicted molar refractivity (Wildman–Crippen MR) is 68.5 cm³/mol. The van der Waals surface area contributed by atoms with Crippen LogP contribution in [-0.2, 0) is 4.79 Å². The van der Waals surface area contributed by atoms with Crippen molar-refractivity contribution in [3.63, 3.8) is 0 Å². The third-order valence-corrected chi connectivity index (χ3v) is 5.36. The molecule has 2 bridgehead atoms. The SMILES string of the molecule is CC1(C)[C@H]2CC=C(C(=O)N3CCCCC3)[C@@H]1C2. The summed E-state index contributed by atoms with van der Waals surface area (Å²) in [4.78, 5) is 14.6. The molecule has 1 amide bonds. The van der Waals surface area contributed by atoms with Crippen LogP contribution in [0.3, 0.4) is 0 Å². The molecule has 1 saturated carbocycles. The molecule has 4 aliphatic rings. The van der Waals surface area contributed by atoms with E-state index in [9.17, 15) is 4.79 Å². The molecule has 1 saturated heterocycles. The summed E-state index contributed by atoms with van der Waals surface area (Å²) in [5.74, 6) is 1.71. The number of hydrogen-bond donors (Lipinski definition) is 0. The van der Waals surface area contributed by atoms with Crippen molar-refractivity contribution in [3.8, 4) is 0 Å². The lowest BCUT2D eigenvalue weighted by molar-refractivity contribution is -0.131. The Morgan fingerprint density at radius 2 is 2.00 bits per heavy atom. The summed E-state index contributed by atoms with van der Waals surface area (Å²) in [5.41, 5.74) is 1.51. The molecule has 2 atom stereocenters. The molecule has 4 rings (SSSR count). The van der Waals surface area contributed by atoms with E-state index in [0.29, 0.717) is 17.2 Å². The second-order valence-electron chi connectivity index (χ2n) is 6.55. The average Bonchev–Trinajstić information content (AvgIpc) is 2.38. The lowest BCUT2D eigenvalue weighted by Gasteiger charge is -2.56. The molecule has 94 valence electrons. The van der Waals surface area contributed by atoms with Crippen LogP contribution in [0.5, 0.6) is 0 Å². The number of amides is 1. The number of nitrogens with zero attached hydrogens (tertiary/aromatic N) is 1. The van der Waals surface area contributed by atoms with Crippen LogP contribution in [0, 0.1) is 17.3 Å². The maximum absolute atomic E-state index is 12.5. The highest BCUT2D eigenvalue weighted by atomic mass is 16.2. The van der Waals surface area contributed by atoms with Gasteiger partial charge in [-0.1, -0.05) is 19.9 Å². The second-order valence-corrected chi connectivity index (χ2v) is 6.55. The van der Waals surface area contributed by atoms with E-state index in [0.717, 1.165) is 31.0 Å². The third-order valence-electron chi connectivity index (χ3n) is 5.36. The molecule has 1 heterocycles. The molecule has 0 radical (unpaired) electrons. The Labute approximate surface area is 104 Å². The van der Waals surface area contributed by atoms with Crippen molar-refractivity contribution in [1.82, 2.24) is 4.90 Å². The molecule has 1 aliphatic heterocycles. The number of piperidine rings is 1. The highest BCUT2D eigenvalue weighted by Crippen LogP contribution is 2.59. The topological polar surface area (TPSA) is 20.3 Å². The van der Waals surface area contributed by atoms with Gasteiger partial charge in [-0.3, -0.25) is 4.79 Å². The number of carbonyl (C=O) groups excluding carboxylic acids is 1. The Morgan fingerprint density at radius 3 is 2.59 bits per heavy atom. The Bertz CT molecular complexity index is 363. The fraction of sp³-hybridized carbons (Fsp3) is 0.800. The van der Waals surface area contributed by atoms with Gasteiger partial charge in [-0.2, -0.15) is 0 Å². The van der Waals surface area contributed by atoms with Crippen LogP contribution in [0.25, 0.3) is 0 Å². The molecule has 0 aromatic carbocycles. The summed E-state index contributed by atoms with van der Waals surface area (Å²) >= 11 is 0. The van der Waals surface area contributed by atoms with Gasteiger partial charge >= 0.3 is 0 Å². The first-order chi connectivity index (χ1) is 8.10. The van der Waals surface area contributed by atoms with E-state index in [-0.39, 0.29) is 0 Å². The highest BCUT2D eigenvalue weighted by molar-refractivity contribution is 5.94. The van der Waals surface area contributed by atoms with Gasteiger partial charge in [0.1, 0.15) is 0 Å². The van der Waals surface area contributed by atoms with Crippen LogP contribution in [0.2, 0.25) is 0 Å². The van der Waals surface area contributed by atoms with Crippen LogP contribution in [0.4, 0.5) is 0 Å². The minimum Gasteiger partial charge on any atom is -0.339 e. The van der Waals surface area contributed by atoms with Gasteiger partial charge in [-0.15, -0.1) is 0 Å². The molecule has 17 heavy (non-hydrogen) atoms. The molecular formula is C15H23NO. The van der Waals surface area contributed by atoms with Gasteiger partial charge in [0, 0.05) is 18.7 Å². The summed E-state index contributed by atoms with van der Waals surface area (Å²) < 4.78 is 0. The summed E-state index contributed by atoms with van der Waals surface area (Å²) in [6.07, 6.45) is 8.28. The van der Waals surface area contributed by atoms with Crippen molar-refractivity contribution in [3.05, 3.63) is 11.6 Å². The van der Waals surface area contributed by atoms with Gasteiger partial charge in [-0.25, -0.2) is 0 Å². The zero-order valence-corrected chi connectivity index (χ0v) is 11.0. The number of fused-ring (bicyclic) bond motifs is 1. The normalized spacial score (nSPS) is 34.9. The predicted octanol–water partition coefficient (Wildman–Crippen LogP) is 2.99. The van der Waals surface area contributed by atoms with Crippen molar-refractivity contribution in [2.45, 2.75) is 46.0 Å². The van der Waals surface area contributed by atoms with E-state index < -0.39 is 0 Å². The van der Waals surface area contributed by atoms with Gasteiger partial charge < -0.3 is 4.90 Å². The second kappa shape index (κ2) is 3.86. The fourth-order valence-electron chi connectivity index (χ4n) is 3.87.